The minimum atomic E-state index is -1.35. The summed E-state index contributed by atoms with van der Waals surface area (Å²) in [7, 11) is 4.57. The van der Waals surface area contributed by atoms with Crippen molar-refractivity contribution in [1.82, 2.24) is 4.90 Å². The van der Waals surface area contributed by atoms with Crippen LogP contribution in [0.15, 0.2) is 66.7 Å². The quantitative estimate of drug-likeness (QED) is 0.352. The van der Waals surface area contributed by atoms with Crippen LogP contribution < -0.4 is 24.4 Å². The summed E-state index contributed by atoms with van der Waals surface area (Å²) in [6, 6.07) is 18.7. The van der Waals surface area contributed by atoms with E-state index in [4.69, 9.17) is 14.2 Å². The summed E-state index contributed by atoms with van der Waals surface area (Å²) < 4.78 is 15.9. The first kappa shape index (κ1) is 29.1. The predicted molar refractivity (Wildman–Crippen MR) is 154 cm³/mol. The van der Waals surface area contributed by atoms with Crippen molar-refractivity contribution in [1.29, 1.82) is 0 Å². The third kappa shape index (κ3) is 5.72. The number of para-hydroxylation sites is 1. The van der Waals surface area contributed by atoms with Gasteiger partial charge in [-0.25, -0.2) is 0 Å². The van der Waals surface area contributed by atoms with E-state index in [-0.39, 0.29) is 18.5 Å². The van der Waals surface area contributed by atoms with Crippen LogP contribution >= 0.6 is 0 Å². The van der Waals surface area contributed by atoms with Crippen LogP contribution in [0.1, 0.15) is 36.2 Å². The molecule has 0 spiro atoms. The molecular weight excluding hydrogens is 526 g/mol. The molecule has 3 aromatic rings. The average molecular weight is 560 g/mol. The van der Waals surface area contributed by atoms with Gasteiger partial charge in [0.15, 0.2) is 0 Å². The lowest BCUT2D eigenvalue weighted by atomic mass is 9.93. The molecule has 214 valence electrons. The number of ether oxygens (including phenoxy) is 3. The van der Waals surface area contributed by atoms with Crippen molar-refractivity contribution in [2.75, 3.05) is 38.1 Å². The zero-order valence-corrected chi connectivity index (χ0v) is 23.7. The van der Waals surface area contributed by atoms with Gasteiger partial charge in [-0.2, -0.15) is 0 Å². The second-order valence-corrected chi connectivity index (χ2v) is 9.71. The maximum Gasteiger partial charge on any atom is 0.299 e. The zero-order chi connectivity index (χ0) is 29.7. The van der Waals surface area contributed by atoms with Crippen molar-refractivity contribution in [3.63, 3.8) is 0 Å². The first-order valence-corrected chi connectivity index (χ1v) is 13.1. The van der Waals surface area contributed by atoms with E-state index in [1.165, 1.54) is 24.0 Å². The van der Waals surface area contributed by atoms with Crippen molar-refractivity contribution in [3.05, 3.63) is 77.9 Å². The largest absolute Gasteiger partial charge is 0.497 e. The van der Waals surface area contributed by atoms with Gasteiger partial charge in [-0.3, -0.25) is 24.1 Å². The number of anilines is 2. The van der Waals surface area contributed by atoms with Gasteiger partial charge in [0.2, 0.25) is 11.8 Å². The summed E-state index contributed by atoms with van der Waals surface area (Å²) in [4.78, 5) is 56.0. The summed E-state index contributed by atoms with van der Waals surface area (Å²) >= 11 is 0. The van der Waals surface area contributed by atoms with E-state index in [2.05, 4.69) is 5.32 Å². The molecule has 0 bridgehead atoms. The van der Waals surface area contributed by atoms with Gasteiger partial charge in [-0.1, -0.05) is 31.2 Å². The SMILES string of the molecule is CCC(C)(C(=O)Nc1ccc(OC)cc1OC)N(Cc1ccc(OC)cc1)C(=O)CN1C(=O)C(=O)c2ccccc21. The fraction of sp³-hybridized carbons (Fsp3) is 0.290. The number of fused-ring (bicyclic) bond motifs is 1. The van der Waals surface area contributed by atoms with Crippen LogP contribution in [-0.4, -0.2) is 61.8 Å². The minimum Gasteiger partial charge on any atom is -0.497 e. The Morgan fingerprint density at radius 3 is 2.20 bits per heavy atom. The summed E-state index contributed by atoms with van der Waals surface area (Å²) in [5.74, 6) is -0.810. The van der Waals surface area contributed by atoms with Gasteiger partial charge in [-0.05, 0) is 55.3 Å². The predicted octanol–water partition coefficient (Wildman–Crippen LogP) is 4.08. The maximum atomic E-state index is 14.0. The number of nitrogens with one attached hydrogen (secondary N) is 1. The van der Waals surface area contributed by atoms with E-state index < -0.39 is 35.6 Å². The summed E-state index contributed by atoms with van der Waals surface area (Å²) in [6.45, 7) is 3.13. The molecule has 1 aliphatic heterocycles. The number of nitrogens with zero attached hydrogens (tertiary/aromatic N) is 2. The molecule has 0 aliphatic carbocycles. The lowest BCUT2D eigenvalue weighted by Crippen LogP contribution is -2.58. The van der Waals surface area contributed by atoms with Crippen LogP contribution in [0.2, 0.25) is 0 Å². The highest BCUT2D eigenvalue weighted by Gasteiger charge is 2.44. The van der Waals surface area contributed by atoms with E-state index in [0.29, 0.717) is 28.6 Å². The lowest BCUT2D eigenvalue weighted by molar-refractivity contribution is -0.145. The normalized spacial score (nSPS) is 13.7. The Balaban J connectivity index is 1.69. The summed E-state index contributed by atoms with van der Waals surface area (Å²) in [5, 5.41) is 2.90. The lowest BCUT2D eigenvalue weighted by Gasteiger charge is -2.40. The van der Waals surface area contributed by atoms with Crippen molar-refractivity contribution in [2.45, 2.75) is 32.4 Å². The first-order valence-electron chi connectivity index (χ1n) is 13.1. The number of rotatable bonds is 11. The molecule has 10 heteroatoms. The molecule has 0 saturated carbocycles. The molecule has 3 amide bonds. The molecule has 0 saturated heterocycles. The third-order valence-electron chi connectivity index (χ3n) is 7.40. The molecule has 10 nitrogen and oxygen atoms in total. The third-order valence-corrected chi connectivity index (χ3v) is 7.40. The van der Waals surface area contributed by atoms with Crippen molar-refractivity contribution >= 4 is 34.9 Å². The van der Waals surface area contributed by atoms with Crippen molar-refractivity contribution in [2.24, 2.45) is 0 Å². The van der Waals surface area contributed by atoms with Gasteiger partial charge in [0.1, 0.15) is 29.3 Å². The van der Waals surface area contributed by atoms with Gasteiger partial charge in [0.25, 0.3) is 11.7 Å². The second-order valence-electron chi connectivity index (χ2n) is 9.71. The Kier molecular flexibility index (Phi) is 8.61. The zero-order valence-electron chi connectivity index (χ0n) is 23.7. The monoisotopic (exact) mass is 559 g/mol. The first-order chi connectivity index (χ1) is 19.7. The van der Waals surface area contributed by atoms with E-state index >= 15 is 0 Å². The smallest absolute Gasteiger partial charge is 0.299 e. The van der Waals surface area contributed by atoms with Gasteiger partial charge in [0, 0.05) is 12.6 Å². The highest BCUT2D eigenvalue weighted by atomic mass is 16.5. The molecule has 1 N–H and O–H groups in total. The molecule has 1 unspecified atom stereocenters. The van der Waals surface area contributed by atoms with Gasteiger partial charge in [-0.15, -0.1) is 0 Å². The fourth-order valence-electron chi connectivity index (χ4n) is 4.71. The average Bonchev–Trinajstić information content (AvgIpc) is 3.24. The number of hydrogen-bond donors (Lipinski definition) is 1. The van der Waals surface area contributed by atoms with E-state index in [9.17, 15) is 19.2 Å². The molecule has 3 aromatic carbocycles. The molecule has 41 heavy (non-hydrogen) atoms. The van der Waals surface area contributed by atoms with E-state index in [1.807, 2.05) is 0 Å². The number of ketones is 1. The standard InChI is InChI=1S/C31H33N3O7/c1-6-31(2,30(38)32-24-16-15-22(40-4)17-26(24)41-5)34(18-20-11-13-21(39-3)14-12-20)27(35)19-33-25-10-8-7-9-23(25)28(36)29(33)37/h7-17H,6,18-19H2,1-5H3,(H,32,38). The highest BCUT2D eigenvalue weighted by Crippen LogP contribution is 2.33. The van der Waals surface area contributed by atoms with Crippen LogP contribution in [0.3, 0.4) is 0 Å². The molecular formula is C31H33N3O7. The molecule has 1 heterocycles. The molecule has 0 fully saturated rings. The Hall–Kier alpha value is -4.86. The Bertz CT molecular complexity index is 1470. The molecule has 4 rings (SSSR count). The van der Waals surface area contributed by atoms with Crippen LogP contribution in [0, 0.1) is 0 Å². The number of benzene rings is 3. The van der Waals surface area contributed by atoms with E-state index in [0.717, 1.165) is 5.56 Å². The fourth-order valence-corrected chi connectivity index (χ4v) is 4.71. The Morgan fingerprint density at radius 1 is 0.902 bits per heavy atom. The van der Waals surface area contributed by atoms with Gasteiger partial charge in [0.05, 0.1) is 38.3 Å². The molecule has 0 aromatic heterocycles. The van der Waals surface area contributed by atoms with Crippen molar-refractivity contribution in [3.8, 4) is 17.2 Å². The minimum absolute atomic E-state index is 0.0674. The van der Waals surface area contributed by atoms with Crippen molar-refractivity contribution < 1.29 is 33.4 Å². The molecule has 0 radical (unpaired) electrons. The van der Waals surface area contributed by atoms with Crippen LogP contribution in [0.4, 0.5) is 11.4 Å². The number of amides is 3. The maximum absolute atomic E-state index is 14.0. The number of hydrogen-bond acceptors (Lipinski definition) is 7. The second kappa shape index (κ2) is 12.1. The van der Waals surface area contributed by atoms with Gasteiger partial charge >= 0.3 is 0 Å². The Morgan fingerprint density at radius 2 is 1.56 bits per heavy atom. The van der Waals surface area contributed by atoms with Crippen LogP contribution in [0.25, 0.3) is 0 Å². The number of Topliss-reactive ketones (excluding diaryl/α,β-unsaturated/α-hetero) is 1. The summed E-state index contributed by atoms with van der Waals surface area (Å²) in [5.41, 5.74) is 0.413. The van der Waals surface area contributed by atoms with Gasteiger partial charge < -0.3 is 24.4 Å². The highest BCUT2D eigenvalue weighted by molar-refractivity contribution is 6.52. The number of methoxy groups -OCH3 is 3. The molecule has 1 atom stereocenters. The summed E-state index contributed by atoms with van der Waals surface area (Å²) in [6.07, 6.45) is 0.253. The van der Waals surface area contributed by atoms with Crippen LogP contribution in [-0.2, 0) is 20.9 Å². The Labute approximate surface area is 238 Å². The topological polar surface area (TPSA) is 114 Å². The van der Waals surface area contributed by atoms with E-state index in [1.54, 1.807) is 87.7 Å². The molecule has 1 aliphatic rings. The van der Waals surface area contributed by atoms with Crippen LogP contribution in [0.5, 0.6) is 17.2 Å². The number of carbonyl (C=O) groups is 4. The number of carbonyl (C=O) groups excluding carboxylic acids is 4.